The number of hydrogen-bond donors (Lipinski definition) is 6. The number of carbonyl (C=O) groups excluding carboxylic acids is 3. The summed E-state index contributed by atoms with van der Waals surface area (Å²) >= 11 is 0. The Morgan fingerprint density at radius 1 is 0.892 bits per heavy atom. The molecule has 13 rings (SSSR count). The zero-order chi connectivity index (χ0) is 58.4. The maximum atomic E-state index is 16.8. The third kappa shape index (κ3) is 8.65. The SMILES string of the molecule is CCCCCC1C(=O)C2=C3C(Cn4cc(C(C=O)c5cc(C6CCCCC6)cc(C6(O)CCOCC6)c5)c5[nH]cc(c54)CCC2(C)CC(O)C2OC2(C)C)C(O)C2C(C)(CCC4C5(CCCC(NC)C5)C(=O)CC5(CCC(O)C5)C42C)C31C. The fourth-order valence-electron chi connectivity index (χ4n) is 22.3. The molecule has 0 bridgehead atoms. The van der Waals surface area contributed by atoms with Crippen LogP contribution < -0.4 is 5.32 Å². The molecule has 12 nitrogen and oxygen atoms in total. The Labute approximate surface area is 494 Å². The van der Waals surface area contributed by atoms with Gasteiger partial charge in [-0.25, -0.2) is 0 Å². The van der Waals surface area contributed by atoms with E-state index >= 15 is 9.59 Å². The van der Waals surface area contributed by atoms with E-state index in [1.165, 1.54) is 12.0 Å². The van der Waals surface area contributed by atoms with Gasteiger partial charge in [-0.15, -0.1) is 0 Å². The Morgan fingerprint density at radius 2 is 1.65 bits per heavy atom. The lowest BCUT2D eigenvalue weighted by Gasteiger charge is -2.75. The number of allylic oxidation sites excluding steroid dienone is 1. The van der Waals surface area contributed by atoms with Crippen LogP contribution in [0.3, 0.4) is 0 Å². The average molecular weight is 1140 g/mol. The zero-order valence-corrected chi connectivity index (χ0v) is 51.7. The molecule has 2 saturated heterocycles. The summed E-state index contributed by atoms with van der Waals surface area (Å²) < 4.78 is 14.4. The number of benzene rings is 1. The number of nitrogens with zero attached hydrogens (tertiary/aromatic N) is 1. The quantitative estimate of drug-likeness (QED) is 0.0546. The minimum absolute atomic E-state index is 0.0144. The standard InChI is InChI=1S/C71H101N3O9/c1-9-10-12-19-52-61(80)57-56-50(60(79)62-66(5,67(52,56)6)25-22-54-68(62,7)69(26-21-48(76)35-69)37-55(78)70(54)23-15-18-47(34-70)72-8)40-74-39-49(58-59(74)43(38-73-58)20-24-65(57,4)36-53(77)63-64(2,3)83-63)51(41-75)45-31-44(42-16-13-11-14-17-42)32-46(33-45)71(81)27-29-82-30-28-71/h31-33,38-39,41-42,47-48,50-54,60,62-63,72-73,76-77,79,81H,9-30,34-37,40H2,1-8H3. The lowest BCUT2D eigenvalue weighted by molar-refractivity contribution is -0.271. The molecule has 6 N–H and O–H groups in total. The predicted octanol–water partition coefficient (Wildman–Crippen LogP) is 12.0. The molecule has 5 heterocycles. The highest BCUT2D eigenvalue weighted by atomic mass is 16.6. The van der Waals surface area contributed by atoms with Gasteiger partial charge < -0.3 is 49.6 Å². The molecular formula is C71H101N3O9. The van der Waals surface area contributed by atoms with E-state index in [9.17, 15) is 25.2 Å². The minimum Gasteiger partial charge on any atom is -0.393 e. The fourth-order valence-corrected chi connectivity index (χ4v) is 22.3. The lowest BCUT2D eigenvalue weighted by Crippen LogP contribution is -2.74. The number of aliphatic hydroxyl groups is 4. The van der Waals surface area contributed by atoms with Gasteiger partial charge >= 0.3 is 0 Å². The first-order chi connectivity index (χ1) is 39.6. The number of aldehydes is 1. The van der Waals surface area contributed by atoms with Gasteiger partial charge in [-0.2, -0.15) is 0 Å². The third-order valence-corrected chi connectivity index (χ3v) is 26.7. The second-order valence-corrected chi connectivity index (χ2v) is 31.0. The Kier molecular flexibility index (Phi) is 14.7. The molecule has 7 aliphatic carbocycles. The number of Topliss-reactive ketones (excluding diaryl/α,β-unsaturated/α-hetero) is 2. The maximum Gasteiger partial charge on any atom is 0.163 e. The van der Waals surface area contributed by atoms with Crippen LogP contribution in [0.25, 0.3) is 11.0 Å². The summed E-state index contributed by atoms with van der Waals surface area (Å²) in [4.78, 5) is 50.4. The van der Waals surface area contributed by atoms with Crippen LogP contribution in [-0.4, -0.2) is 104 Å². The second kappa shape index (κ2) is 20.8. The zero-order valence-electron chi connectivity index (χ0n) is 51.7. The van der Waals surface area contributed by atoms with E-state index in [1.54, 1.807) is 0 Å². The first-order valence-electron chi connectivity index (χ1n) is 33.4. The number of fused-ring (bicyclic) bond motifs is 6. The summed E-state index contributed by atoms with van der Waals surface area (Å²) in [5.74, 6) is -0.995. The number of aryl methyl sites for hydroxylation is 1. The number of rotatable bonds is 13. The molecule has 16 unspecified atom stereocenters. The molecule has 454 valence electrons. The van der Waals surface area contributed by atoms with Gasteiger partial charge in [0.25, 0.3) is 0 Å². The molecule has 6 saturated carbocycles. The van der Waals surface area contributed by atoms with Crippen LogP contribution in [0.5, 0.6) is 0 Å². The van der Waals surface area contributed by atoms with Crippen LogP contribution in [0, 0.1) is 56.2 Å². The van der Waals surface area contributed by atoms with Crippen LogP contribution in [0.15, 0.2) is 41.7 Å². The molecule has 12 heteroatoms. The van der Waals surface area contributed by atoms with E-state index < -0.39 is 73.8 Å². The summed E-state index contributed by atoms with van der Waals surface area (Å²) in [5, 5.41) is 55.1. The van der Waals surface area contributed by atoms with Crippen LogP contribution in [-0.2, 0) is 42.4 Å². The van der Waals surface area contributed by atoms with Crippen molar-refractivity contribution in [2.45, 2.75) is 263 Å². The maximum absolute atomic E-state index is 16.8. The van der Waals surface area contributed by atoms with E-state index in [0.717, 1.165) is 147 Å². The number of hydrogen-bond acceptors (Lipinski definition) is 10. The summed E-state index contributed by atoms with van der Waals surface area (Å²) in [7, 11) is 2.04. The molecule has 83 heavy (non-hydrogen) atoms. The largest absolute Gasteiger partial charge is 0.393 e. The summed E-state index contributed by atoms with van der Waals surface area (Å²) in [5.41, 5.74) is 3.37. The van der Waals surface area contributed by atoms with Crippen molar-refractivity contribution in [3.05, 3.63) is 69.6 Å². The number of nitrogens with one attached hydrogen (secondary N) is 2. The number of epoxide rings is 1. The summed E-state index contributed by atoms with van der Waals surface area (Å²) in [6.45, 7) is 17.2. The molecule has 2 spiro atoms. The lowest BCUT2D eigenvalue weighted by atomic mass is 9.28. The highest BCUT2D eigenvalue weighted by Gasteiger charge is 2.79. The molecule has 2 aromatic heterocycles. The third-order valence-electron chi connectivity index (χ3n) is 26.7. The molecule has 10 aliphatic rings. The number of aromatic amines is 1. The van der Waals surface area contributed by atoms with Gasteiger partial charge in [-0.05, 0) is 178 Å². The Hall–Kier alpha value is -3.49. The van der Waals surface area contributed by atoms with E-state index in [2.05, 4.69) is 80.1 Å². The van der Waals surface area contributed by atoms with Gasteiger partial charge in [0.2, 0.25) is 0 Å². The van der Waals surface area contributed by atoms with Crippen molar-refractivity contribution >= 4 is 28.9 Å². The number of H-pyrrole nitrogens is 1. The molecule has 3 aliphatic heterocycles. The van der Waals surface area contributed by atoms with Crippen molar-refractivity contribution in [3.63, 3.8) is 0 Å². The molecular weight excluding hydrogens is 1040 g/mol. The van der Waals surface area contributed by atoms with Gasteiger partial charge in [-0.1, -0.05) is 97.8 Å². The van der Waals surface area contributed by atoms with Gasteiger partial charge in [0.05, 0.1) is 46.5 Å². The molecule has 1 aromatic carbocycles. The van der Waals surface area contributed by atoms with Gasteiger partial charge in [0, 0.05) is 91.3 Å². The molecule has 16 atom stereocenters. The first-order valence-corrected chi connectivity index (χ1v) is 33.4. The van der Waals surface area contributed by atoms with Crippen molar-refractivity contribution in [1.29, 1.82) is 0 Å². The van der Waals surface area contributed by atoms with Crippen molar-refractivity contribution in [3.8, 4) is 0 Å². The van der Waals surface area contributed by atoms with Crippen LogP contribution >= 0.6 is 0 Å². The monoisotopic (exact) mass is 1140 g/mol. The number of aliphatic hydroxyl groups excluding tert-OH is 3. The Balaban J connectivity index is 1.03. The van der Waals surface area contributed by atoms with Crippen molar-refractivity contribution in [2.75, 3.05) is 20.3 Å². The van der Waals surface area contributed by atoms with E-state index in [1.807, 2.05) is 20.9 Å². The summed E-state index contributed by atoms with van der Waals surface area (Å²) in [6.07, 6.45) is 22.2. The topological polar surface area (TPSA) is 187 Å². The van der Waals surface area contributed by atoms with Gasteiger partial charge in [0.1, 0.15) is 18.2 Å². The van der Waals surface area contributed by atoms with Crippen LogP contribution in [0.2, 0.25) is 0 Å². The highest BCUT2D eigenvalue weighted by Crippen LogP contribution is 2.82. The number of ketones is 2. The van der Waals surface area contributed by atoms with E-state index in [-0.39, 0.29) is 35.7 Å². The first kappa shape index (κ1) is 58.5. The van der Waals surface area contributed by atoms with E-state index in [0.29, 0.717) is 82.8 Å². The molecule has 8 fully saturated rings. The van der Waals surface area contributed by atoms with Gasteiger partial charge in [0.15, 0.2) is 5.78 Å². The summed E-state index contributed by atoms with van der Waals surface area (Å²) in [6, 6.07) is 6.79. The number of aromatic nitrogens is 2. The molecule has 0 radical (unpaired) electrons. The Morgan fingerprint density at radius 3 is 2.34 bits per heavy atom. The predicted molar refractivity (Wildman–Crippen MR) is 322 cm³/mol. The number of unbranched alkanes of at least 4 members (excludes halogenated alkanes) is 2. The van der Waals surface area contributed by atoms with Crippen molar-refractivity contribution in [2.24, 2.45) is 56.2 Å². The van der Waals surface area contributed by atoms with E-state index in [4.69, 9.17) is 9.47 Å². The molecule has 3 aromatic rings. The molecule has 0 amide bonds. The normalized spacial score (nSPS) is 41.0. The Bertz CT molecular complexity index is 3050. The number of ether oxygens (including phenoxy) is 2. The fraction of sp³-hybridized carbons (Fsp3) is 0.761. The van der Waals surface area contributed by atoms with Crippen LogP contribution in [0.4, 0.5) is 0 Å². The van der Waals surface area contributed by atoms with Gasteiger partial charge in [-0.3, -0.25) is 9.59 Å². The second-order valence-electron chi connectivity index (χ2n) is 31.0. The highest BCUT2D eigenvalue weighted by molar-refractivity contribution is 6.04. The number of carbonyl (C=O) groups is 3. The minimum atomic E-state index is -1.07. The van der Waals surface area contributed by atoms with Crippen molar-refractivity contribution < 1.29 is 44.3 Å². The van der Waals surface area contributed by atoms with Crippen molar-refractivity contribution in [1.82, 2.24) is 14.9 Å². The smallest absolute Gasteiger partial charge is 0.163 e. The average Bonchev–Trinajstić information content (AvgIpc) is 1.65. The van der Waals surface area contributed by atoms with Crippen LogP contribution in [0.1, 0.15) is 236 Å².